The molecule has 0 aliphatic heterocycles. The van der Waals surface area contributed by atoms with Crippen molar-refractivity contribution < 1.29 is 0 Å². The minimum atomic E-state index is 0.653. The van der Waals surface area contributed by atoms with Crippen molar-refractivity contribution >= 4 is 23.4 Å². The Balaban J connectivity index is 2.76. The lowest BCUT2D eigenvalue weighted by molar-refractivity contribution is 1.06. The number of thioether (sulfide) groups is 1. The van der Waals surface area contributed by atoms with E-state index in [-0.39, 0.29) is 0 Å². The van der Waals surface area contributed by atoms with Crippen LogP contribution in [0.5, 0.6) is 0 Å². The van der Waals surface area contributed by atoms with Crippen LogP contribution in [-0.4, -0.2) is 16.6 Å². The number of aryl methyl sites for hydroxylation is 1. The van der Waals surface area contributed by atoms with Crippen molar-refractivity contribution in [3.05, 3.63) is 23.4 Å². The third kappa shape index (κ3) is 2.90. The van der Waals surface area contributed by atoms with E-state index in [9.17, 15) is 0 Å². The summed E-state index contributed by atoms with van der Waals surface area (Å²) in [6, 6.07) is 4.03. The smallest absolute Gasteiger partial charge is 0.114 e. The Morgan fingerprint density at radius 3 is 3.07 bits per heavy atom. The van der Waals surface area contributed by atoms with E-state index in [1.807, 2.05) is 13.0 Å². The topological polar surface area (TPSA) is 36.7 Å². The van der Waals surface area contributed by atoms with Crippen LogP contribution in [0.4, 0.5) is 0 Å². The molecule has 0 atom stereocenters. The van der Waals surface area contributed by atoms with Gasteiger partial charge in [-0.15, -0.1) is 23.4 Å². The Morgan fingerprint density at radius 1 is 1.64 bits per heavy atom. The molecule has 1 heterocycles. The predicted molar refractivity (Wildman–Crippen MR) is 59.8 cm³/mol. The third-order valence-electron chi connectivity index (χ3n) is 1.75. The lowest BCUT2D eigenvalue weighted by atomic mass is 10.2. The van der Waals surface area contributed by atoms with Gasteiger partial charge >= 0.3 is 0 Å². The molecule has 0 fully saturated rings. The molecule has 4 heteroatoms. The summed E-state index contributed by atoms with van der Waals surface area (Å²) < 4.78 is 0. The van der Waals surface area contributed by atoms with Crippen molar-refractivity contribution in [2.75, 3.05) is 11.6 Å². The zero-order chi connectivity index (χ0) is 10.4. The molecule has 0 spiro atoms. The maximum absolute atomic E-state index is 8.93. The van der Waals surface area contributed by atoms with Crippen LogP contribution in [-0.2, 0) is 0 Å². The number of nitriles is 1. The SMILES string of the molecule is Cc1ccnc(SCCCCl)c1C#N. The Kier molecular flexibility index (Phi) is 4.78. The number of nitrogens with zero attached hydrogens (tertiary/aromatic N) is 2. The summed E-state index contributed by atoms with van der Waals surface area (Å²) in [5, 5.41) is 9.74. The Morgan fingerprint density at radius 2 is 2.43 bits per heavy atom. The molecule has 0 aliphatic carbocycles. The first-order valence-electron chi connectivity index (χ1n) is 4.34. The zero-order valence-electron chi connectivity index (χ0n) is 7.96. The Labute approximate surface area is 93.3 Å². The molecule has 14 heavy (non-hydrogen) atoms. The quantitative estimate of drug-likeness (QED) is 0.450. The van der Waals surface area contributed by atoms with E-state index in [0.29, 0.717) is 11.4 Å². The number of hydrogen-bond donors (Lipinski definition) is 0. The average Bonchev–Trinajstić information content (AvgIpc) is 2.18. The van der Waals surface area contributed by atoms with E-state index in [0.717, 1.165) is 22.8 Å². The van der Waals surface area contributed by atoms with Crippen molar-refractivity contribution in [2.45, 2.75) is 18.4 Å². The van der Waals surface area contributed by atoms with Gasteiger partial charge in [0.05, 0.1) is 5.56 Å². The number of rotatable bonds is 4. The Hall–Kier alpha value is -0.720. The van der Waals surface area contributed by atoms with Crippen LogP contribution < -0.4 is 0 Å². The fraction of sp³-hybridized carbons (Fsp3) is 0.400. The van der Waals surface area contributed by atoms with Crippen LogP contribution in [0.2, 0.25) is 0 Å². The number of pyridine rings is 1. The first-order valence-corrected chi connectivity index (χ1v) is 5.86. The van der Waals surface area contributed by atoms with Crippen molar-refractivity contribution in [2.24, 2.45) is 0 Å². The number of alkyl halides is 1. The van der Waals surface area contributed by atoms with Crippen molar-refractivity contribution in [3.63, 3.8) is 0 Å². The molecule has 1 aromatic heterocycles. The molecule has 1 aromatic rings. The minimum absolute atomic E-state index is 0.653. The molecule has 0 saturated heterocycles. The molecule has 0 amide bonds. The van der Waals surface area contributed by atoms with Gasteiger partial charge in [-0.05, 0) is 25.0 Å². The molecule has 0 bridgehead atoms. The monoisotopic (exact) mass is 226 g/mol. The first kappa shape index (κ1) is 11.4. The van der Waals surface area contributed by atoms with Crippen molar-refractivity contribution in [1.29, 1.82) is 5.26 Å². The molecule has 0 N–H and O–H groups in total. The summed E-state index contributed by atoms with van der Waals surface area (Å²) in [5.74, 6) is 1.56. The van der Waals surface area contributed by atoms with Crippen LogP contribution in [0.15, 0.2) is 17.3 Å². The molecule has 2 nitrogen and oxygen atoms in total. The van der Waals surface area contributed by atoms with Crippen LogP contribution in [0.3, 0.4) is 0 Å². The number of halogens is 1. The summed E-state index contributed by atoms with van der Waals surface area (Å²) in [6.07, 6.45) is 2.67. The van der Waals surface area contributed by atoms with Crippen molar-refractivity contribution in [3.8, 4) is 6.07 Å². The van der Waals surface area contributed by atoms with Crippen LogP contribution >= 0.6 is 23.4 Å². The summed E-state index contributed by atoms with van der Waals surface area (Å²) in [7, 11) is 0. The zero-order valence-corrected chi connectivity index (χ0v) is 9.53. The molecule has 74 valence electrons. The van der Waals surface area contributed by atoms with Gasteiger partial charge < -0.3 is 0 Å². The van der Waals surface area contributed by atoms with Gasteiger partial charge in [0, 0.05) is 17.8 Å². The number of hydrogen-bond acceptors (Lipinski definition) is 3. The molecular weight excluding hydrogens is 216 g/mol. The highest BCUT2D eigenvalue weighted by atomic mass is 35.5. The van der Waals surface area contributed by atoms with Gasteiger partial charge in [0.2, 0.25) is 0 Å². The molecule has 0 radical (unpaired) electrons. The lowest BCUT2D eigenvalue weighted by Crippen LogP contribution is -1.91. The molecule has 0 aliphatic rings. The fourth-order valence-corrected chi connectivity index (χ4v) is 2.26. The van der Waals surface area contributed by atoms with Gasteiger partial charge in [-0.3, -0.25) is 0 Å². The first-order chi connectivity index (χ1) is 6.79. The molecule has 0 unspecified atom stereocenters. The van der Waals surface area contributed by atoms with Crippen LogP contribution in [0.25, 0.3) is 0 Å². The highest BCUT2D eigenvalue weighted by Crippen LogP contribution is 2.22. The maximum atomic E-state index is 8.93. The predicted octanol–water partition coefficient (Wildman–Crippen LogP) is 2.98. The fourth-order valence-electron chi connectivity index (χ4n) is 1.00. The van der Waals surface area contributed by atoms with Gasteiger partial charge in [-0.2, -0.15) is 5.26 Å². The molecule has 1 rings (SSSR count). The van der Waals surface area contributed by atoms with Crippen LogP contribution in [0, 0.1) is 18.3 Å². The average molecular weight is 227 g/mol. The van der Waals surface area contributed by atoms with Gasteiger partial charge in [0.25, 0.3) is 0 Å². The lowest BCUT2D eigenvalue weighted by Gasteiger charge is -2.03. The van der Waals surface area contributed by atoms with Crippen LogP contribution in [0.1, 0.15) is 17.5 Å². The molecule has 0 aromatic carbocycles. The van der Waals surface area contributed by atoms with E-state index >= 15 is 0 Å². The normalized spacial score (nSPS) is 9.79. The van der Waals surface area contributed by atoms with Gasteiger partial charge in [-0.1, -0.05) is 0 Å². The summed E-state index contributed by atoms with van der Waals surface area (Å²) in [5.41, 5.74) is 1.67. The highest BCUT2D eigenvalue weighted by Gasteiger charge is 2.06. The standard InChI is InChI=1S/C10H11ClN2S/c1-8-3-5-13-10(9(8)7-12)14-6-2-4-11/h3,5H,2,4,6H2,1H3. The maximum Gasteiger partial charge on any atom is 0.114 e. The van der Waals surface area contributed by atoms with E-state index in [1.165, 1.54) is 0 Å². The van der Waals surface area contributed by atoms with E-state index in [1.54, 1.807) is 18.0 Å². The summed E-state index contributed by atoms with van der Waals surface area (Å²) >= 11 is 7.17. The second-order valence-electron chi connectivity index (χ2n) is 2.81. The largest absolute Gasteiger partial charge is 0.249 e. The second kappa shape index (κ2) is 5.90. The van der Waals surface area contributed by atoms with E-state index in [2.05, 4.69) is 11.1 Å². The van der Waals surface area contributed by atoms with Gasteiger partial charge in [-0.25, -0.2) is 4.98 Å². The van der Waals surface area contributed by atoms with E-state index < -0.39 is 0 Å². The summed E-state index contributed by atoms with van der Waals surface area (Å²) in [6.45, 7) is 1.92. The van der Waals surface area contributed by atoms with E-state index in [4.69, 9.17) is 16.9 Å². The third-order valence-corrected chi connectivity index (χ3v) is 3.10. The second-order valence-corrected chi connectivity index (χ2v) is 4.27. The van der Waals surface area contributed by atoms with Crippen molar-refractivity contribution in [1.82, 2.24) is 4.98 Å². The summed E-state index contributed by atoms with van der Waals surface area (Å²) in [4.78, 5) is 4.18. The Bertz CT molecular complexity index is 346. The number of aromatic nitrogens is 1. The molecular formula is C10H11ClN2S. The molecule has 0 saturated carbocycles. The van der Waals surface area contributed by atoms with Gasteiger partial charge in [0.15, 0.2) is 0 Å². The van der Waals surface area contributed by atoms with Gasteiger partial charge in [0.1, 0.15) is 11.1 Å². The highest BCUT2D eigenvalue weighted by molar-refractivity contribution is 7.99. The minimum Gasteiger partial charge on any atom is -0.249 e.